The molecule has 0 radical (unpaired) electrons. The van der Waals surface area contributed by atoms with Gasteiger partial charge < -0.3 is 15.0 Å². The molecule has 0 aromatic rings. The summed E-state index contributed by atoms with van der Waals surface area (Å²) in [6, 6.07) is 0. The van der Waals surface area contributed by atoms with Crippen molar-refractivity contribution in [1.29, 1.82) is 0 Å². The van der Waals surface area contributed by atoms with Gasteiger partial charge in [-0.1, -0.05) is 0 Å². The number of hydrogen-bond donors (Lipinski definition) is 1. The van der Waals surface area contributed by atoms with E-state index in [4.69, 9.17) is 4.74 Å². The number of rotatable bonds is 6. The van der Waals surface area contributed by atoms with Gasteiger partial charge in [0.1, 0.15) is 0 Å². The summed E-state index contributed by atoms with van der Waals surface area (Å²) in [6.45, 7) is 2.09. The van der Waals surface area contributed by atoms with E-state index >= 15 is 0 Å². The molecule has 0 saturated carbocycles. The highest BCUT2D eigenvalue weighted by Gasteiger charge is 1.96. The van der Waals surface area contributed by atoms with Crippen molar-refractivity contribution in [3.05, 3.63) is 0 Å². The Morgan fingerprint density at radius 3 is 2.58 bits per heavy atom. The van der Waals surface area contributed by atoms with Crippen LogP contribution in [-0.2, 0) is 9.53 Å². The maximum absolute atomic E-state index is 10.7. The van der Waals surface area contributed by atoms with Gasteiger partial charge in [0, 0.05) is 20.0 Å². The molecular weight excluding hydrogens is 156 g/mol. The molecule has 0 spiro atoms. The van der Waals surface area contributed by atoms with Crippen molar-refractivity contribution in [3.63, 3.8) is 0 Å². The predicted molar refractivity (Wildman–Crippen MR) is 48.1 cm³/mol. The molecule has 0 aliphatic heterocycles. The van der Waals surface area contributed by atoms with Crippen LogP contribution in [0.1, 0.15) is 6.42 Å². The molecule has 4 nitrogen and oxygen atoms in total. The zero-order valence-corrected chi connectivity index (χ0v) is 8.09. The minimum Gasteiger partial charge on any atom is -0.380 e. The van der Waals surface area contributed by atoms with E-state index in [2.05, 4.69) is 5.32 Å². The fourth-order valence-corrected chi connectivity index (χ4v) is 0.639. The van der Waals surface area contributed by atoms with Crippen molar-refractivity contribution < 1.29 is 9.53 Å². The number of nitrogens with one attached hydrogen (secondary N) is 1. The van der Waals surface area contributed by atoms with Gasteiger partial charge >= 0.3 is 0 Å². The molecule has 0 aromatic heterocycles. The molecule has 0 bridgehead atoms. The summed E-state index contributed by atoms with van der Waals surface area (Å²) in [5.41, 5.74) is 0. The highest BCUT2D eigenvalue weighted by atomic mass is 16.5. The molecule has 0 heterocycles. The Hall–Kier alpha value is -0.610. The average Bonchev–Trinajstić information content (AvgIpc) is 2.03. The van der Waals surface area contributed by atoms with Crippen LogP contribution in [0.25, 0.3) is 0 Å². The number of likely N-dealkylation sites (N-methyl/N-ethyl adjacent to an activating group) is 1. The van der Waals surface area contributed by atoms with Crippen LogP contribution >= 0.6 is 0 Å². The lowest BCUT2D eigenvalue weighted by Crippen LogP contribution is -2.22. The Kier molecular flexibility index (Phi) is 6.70. The third-order valence-corrected chi connectivity index (χ3v) is 1.44. The first-order chi connectivity index (χ1) is 5.66. The second kappa shape index (κ2) is 7.06. The molecule has 1 N–H and O–H groups in total. The van der Waals surface area contributed by atoms with Crippen molar-refractivity contribution in [2.75, 3.05) is 40.9 Å². The molecule has 72 valence electrons. The van der Waals surface area contributed by atoms with Gasteiger partial charge in [0.15, 0.2) is 0 Å². The quantitative estimate of drug-likeness (QED) is 0.562. The van der Waals surface area contributed by atoms with E-state index < -0.39 is 0 Å². The number of ether oxygens (including phenoxy) is 1. The number of carbonyl (C=O) groups excluding carboxylic acids is 1. The standard InChI is InChI=1S/C8H18N2O2/c1-9-8(11)4-6-12-7-5-10(2)3/h4-7H2,1-3H3,(H,9,11). The Morgan fingerprint density at radius 2 is 2.08 bits per heavy atom. The third kappa shape index (κ3) is 7.50. The van der Waals surface area contributed by atoms with E-state index in [1.165, 1.54) is 0 Å². The van der Waals surface area contributed by atoms with Gasteiger partial charge in [-0.3, -0.25) is 4.79 Å². The third-order valence-electron chi connectivity index (χ3n) is 1.44. The van der Waals surface area contributed by atoms with E-state index in [-0.39, 0.29) is 5.91 Å². The number of hydrogen-bond acceptors (Lipinski definition) is 3. The highest BCUT2D eigenvalue weighted by Crippen LogP contribution is 1.83. The van der Waals surface area contributed by atoms with Crippen molar-refractivity contribution >= 4 is 5.91 Å². The van der Waals surface area contributed by atoms with Crippen LogP contribution in [0.5, 0.6) is 0 Å². The van der Waals surface area contributed by atoms with Crippen LogP contribution < -0.4 is 5.32 Å². The second-order valence-corrected chi connectivity index (χ2v) is 2.84. The van der Waals surface area contributed by atoms with Gasteiger partial charge in [0.25, 0.3) is 0 Å². The van der Waals surface area contributed by atoms with Gasteiger partial charge in [-0.15, -0.1) is 0 Å². The first-order valence-electron chi connectivity index (χ1n) is 4.10. The van der Waals surface area contributed by atoms with Crippen LogP contribution in [0.3, 0.4) is 0 Å². The Labute approximate surface area is 73.9 Å². The lowest BCUT2D eigenvalue weighted by Gasteiger charge is -2.09. The Bertz CT molecular complexity index is 126. The topological polar surface area (TPSA) is 41.6 Å². The lowest BCUT2D eigenvalue weighted by molar-refractivity contribution is -0.121. The maximum Gasteiger partial charge on any atom is 0.222 e. The van der Waals surface area contributed by atoms with E-state index in [0.29, 0.717) is 19.6 Å². The summed E-state index contributed by atoms with van der Waals surface area (Å²) in [5, 5.41) is 2.54. The first kappa shape index (κ1) is 11.4. The smallest absolute Gasteiger partial charge is 0.222 e. The number of nitrogens with zero attached hydrogens (tertiary/aromatic N) is 1. The van der Waals surface area contributed by atoms with Crippen LogP contribution in [-0.4, -0.2) is 51.7 Å². The van der Waals surface area contributed by atoms with Gasteiger partial charge in [0.2, 0.25) is 5.91 Å². The average molecular weight is 174 g/mol. The second-order valence-electron chi connectivity index (χ2n) is 2.84. The molecule has 0 saturated heterocycles. The zero-order valence-electron chi connectivity index (χ0n) is 8.09. The monoisotopic (exact) mass is 174 g/mol. The van der Waals surface area contributed by atoms with E-state index in [1.54, 1.807) is 7.05 Å². The minimum absolute atomic E-state index is 0.0276. The van der Waals surface area contributed by atoms with Crippen LogP contribution in [0.2, 0.25) is 0 Å². The SMILES string of the molecule is CNC(=O)CCOCCN(C)C. The Balaban J connectivity index is 3.05. The maximum atomic E-state index is 10.7. The summed E-state index contributed by atoms with van der Waals surface area (Å²) in [6.07, 6.45) is 0.448. The van der Waals surface area contributed by atoms with Crippen molar-refractivity contribution in [2.45, 2.75) is 6.42 Å². The van der Waals surface area contributed by atoms with E-state index in [1.807, 2.05) is 19.0 Å². The van der Waals surface area contributed by atoms with Crippen molar-refractivity contribution in [3.8, 4) is 0 Å². The normalized spacial score (nSPS) is 10.3. The van der Waals surface area contributed by atoms with E-state index in [9.17, 15) is 4.79 Å². The van der Waals surface area contributed by atoms with Crippen molar-refractivity contribution in [1.82, 2.24) is 10.2 Å². The first-order valence-corrected chi connectivity index (χ1v) is 4.10. The van der Waals surface area contributed by atoms with Gasteiger partial charge in [-0.2, -0.15) is 0 Å². The fourth-order valence-electron chi connectivity index (χ4n) is 0.639. The molecule has 0 aromatic carbocycles. The molecule has 0 aliphatic rings. The number of amides is 1. The Morgan fingerprint density at radius 1 is 1.42 bits per heavy atom. The van der Waals surface area contributed by atoms with E-state index in [0.717, 1.165) is 6.54 Å². The van der Waals surface area contributed by atoms with Crippen LogP contribution in [0.4, 0.5) is 0 Å². The molecule has 4 heteroatoms. The van der Waals surface area contributed by atoms with Gasteiger partial charge in [0.05, 0.1) is 13.2 Å². The van der Waals surface area contributed by atoms with Gasteiger partial charge in [-0.25, -0.2) is 0 Å². The molecular formula is C8H18N2O2. The molecule has 0 fully saturated rings. The number of carbonyl (C=O) groups is 1. The molecule has 0 rings (SSSR count). The molecule has 0 unspecified atom stereocenters. The molecule has 12 heavy (non-hydrogen) atoms. The van der Waals surface area contributed by atoms with Crippen molar-refractivity contribution in [2.24, 2.45) is 0 Å². The largest absolute Gasteiger partial charge is 0.380 e. The minimum atomic E-state index is 0.0276. The predicted octanol–water partition coefficient (Wildman–Crippen LogP) is -0.299. The summed E-state index contributed by atoms with van der Waals surface area (Å²) in [5.74, 6) is 0.0276. The van der Waals surface area contributed by atoms with Crippen LogP contribution in [0.15, 0.2) is 0 Å². The summed E-state index contributed by atoms with van der Waals surface area (Å²) >= 11 is 0. The van der Waals surface area contributed by atoms with Crippen LogP contribution in [0, 0.1) is 0 Å². The highest BCUT2D eigenvalue weighted by molar-refractivity contribution is 5.75. The lowest BCUT2D eigenvalue weighted by atomic mass is 10.4. The van der Waals surface area contributed by atoms with Gasteiger partial charge in [-0.05, 0) is 14.1 Å². The summed E-state index contributed by atoms with van der Waals surface area (Å²) in [7, 11) is 5.60. The summed E-state index contributed by atoms with van der Waals surface area (Å²) in [4.78, 5) is 12.7. The summed E-state index contributed by atoms with van der Waals surface area (Å²) < 4.78 is 5.21. The molecule has 0 atom stereocenters. The zero-order chi connectivity index (χ0) is 9.40. The molecule has 0 aliphatic carbocycles. The fraction of sp³-hybridized carbons (Fsp3) is 0.875. The molecule has 1 amide bonds.